The van der Waals surface area contributed by atoms with Crippen LogP contribution >= 0.6 is 27.7 Å². The molecule has 0 aliphatic rings. The van der Waals surface area contributed by atoms with Gasteiger partial charge in [-0.25, -0.2) is 0 Å². The Morgan fingerprint density at radius 2 is 2.00 bits per heavy atom. The van der Waals surface area contributed by atoms with E-state index in [0.717, 1.165) is 32.3 Å². The van der Waals surface area contributed by atoms with Gasteiger partial charge in [-0.2, -0.15) is 0 Å². The number of rotatable bonds is 6. The maximum absolute atomic E-state index is 5.93. The Morgan fingerprint density at radius 3 is 2.75 bits per heavy atom. The monoisotopic (exact) mass is 353 g/mol. The summed E-state index contributed by atoms with van der Waals surface area (Å²) in [5.41, 5.74) is 6.70. The van der Waals surface area contributed by atoms with Crippen molar-refractivity contribution in [1.82, 2.24) is 0 Å². The van der Waals surface area contributed by atoms with Crippen molar-refractivity contribution in [3.05, 3.63) is 46.9 Å². The third kappa shape index (κ3) is 4.35. The van der Waals surface area contributed by atoms with Crippen LogP contribution in [0.3, 0.4) is 0 Å². The summed E-state index contributed by atoms with van der Waals surface area (Å²) in [4.78, 5) is 1.02. The topological polar surface area (TPSA) is 44.5 Å². The predicted octanol–water partition coefficient (Wildman–Crippen LogP) is 4.21. The molecule has 0 unspecified atom stereocenters. The van der Waals surface area contributed by atoms with Gasteiger partial charge >= 0.3 is 0 Å². The van der Waals surface area contributed by atoms with Crippen LogP contribution in [0.4, 0.5) is 5.69 Å². The highest BCUT2D eigenvalue weighted by Crippen LogP contribution is 2.29. The summed E-state index contributed by atoms with van der Waals surface area (Å²) in [5, 5.41) is 0. The first kappa shape index (κ1) is 15.1. The standard InChI is InChI=1S/C15H16BrNO2S/c1-18-12-5-6-14(17)15(10-12)20-8-7-19-13-4-2-3-11(16)9-13/h2-6,9-10H,7-8,17H2,1H3. The van der Waals surface area contributed by atoms with E-state index < -0.39 is 0 Å². The smallest absolute Gasteiger partial charge is 0.120 e. The molecule has 5 heteroatoms. The molecule has 0 fully saturated rings. The molecule has 0 amide bonds. The van der Waals surface area contributed by atoms with Crippen molar-refractivity contribution in [2.24, 2.45) is 0 Å². The number of benzene rings is 2. The number of halogens is 1. The molecule has 0 bridgehead atoms. The third-order valence-electron chi connectivity index (χ3n) is 2.63. The molecule has 2 rings (SSSR count). The van der Waals surface area contributed by atoms with Crippen LogP contribution < -0.4 is 15.2 Å². The lowest BCUT2D eigenvalue weighted by molar-refractivity contribution is 0.344. The fourth-order valence-corrected chi connectivity index (χ4v) is 2.83. The van der Waals surface area contributed by atoms with E-state index in [1.807, 2.05) is 42.5 Å². The van der Waals surface area contributed by atoms with Crippen LogP contribution in [0.2, 0.25) is 0 Å². The molecule has 106 valence electrons. The molecule has 0 heterocycles. The van der Waals surface area contributed by atoms with Crippen LogP contribution in [0, 0.1) is 0 Å². The van der Waals surface area contributed by atoms with Crippen molar-refractivity contribution < 1.29 is 9.47 Å². The summed E-state index contributed by atoms with van der Waals surface area (Å²) in [6, 6.07) is 13.5. The van der Waals surface area contributed by atoms with Gasteiger partial charge in [-0.05, 0) is 36.4 Å². The number of nitrogen functional groups attached to an aromatic ring is 1. The molecule has 0 aliphatic heterocycles. The lowest BCUT2D eigenvalue weighted by Crippen LogP contribution is -2.00. The summed E-state index contributed by atoms with van der Waals surface area (Å²) >= 11 is 5.08. The number of thioether (sulfide) groups is 1. The predicted molar refractivity (Wildman–Crippen MR) is 87.8 cm³/mol. The fourth-order valence-electron chi connectivity index (χ4n) is 1.63. The number of anilines is 1. The second-order valence-electron chi connectivity index (χ2n) is 4.06. The molecule has 3 nitrogen and oxygen atoms in total. The fraction of sp³-hybridized carbons (Fsp3) is 0.200. The van der Waals surface area contributed by atoms with Gasteiger partial charge < -0.3 is 15.2 Å². The normalized spacial score (nSPS) is 10.3. The molecular weight excluding hydrogens is 338 g/mol. The van der Waals surface area contributed by atoms with Gasteiger partial charge in [0.25, 0.3) is 0 Å². The van der Waals surface area contributed by atoms with Crippen LogP contribution in [0.15, 0.2) is 51.8 Å². The molecule has 0 saturated carbocycles. The zero-order valence-corrected chi connectivity index (χ0v) is 13.5. The molecule has 0 saturated heterocycles. The van der Waals surface area contributed by atoms with Crippen LogP contribution in [0.5, 0.6) is 11.5 Å². The Labute approximate surface area is 131 Å². The maximum atomic E-state index is 5.93. The van der Waals surface area contributed by atoms with Gasteiger partial charge in [-0.1, -0.05) is 22.0 Å². The van der Waals surface area contributed by atoms with Gasteiger partial charge in [0.2, 0.25) is 0 Å². The lowest BCUT2D eigenvalue weighted by atomic mass is 10.3. The molecule has 2 aromatic carbocycles. The minimum atomic E-state index is 0.623. The SMILES string of the molecule is COc1ccc(N)c(SCCOc2cccc(Br)c2)c1. The van der Waals surface area contributed by atoms with E-state index >= 15 is 0 Å². The van der Waals surface area contributed by atoms with Gasteiger partial charge in [-0.3, -0.25) is 0 Å². The zero-order valence-electron chi connectivity index (χ0n) is 11.1. The van der Waals surface area contributed by atoms with Crippen LogP contribution in [0.25, 0.3) is 0 Å². The molecule has 0 spiro atoms. The molecule has 2 aromatic rings. The quantitative estimate of drug-likeness (QED) is 0.479. The second-order valence-corrected chi connectivity index (χ2v) is 6.11. The first-order valence-electron chi connectivity index (χ1n) is 6.14. The molecule has 2 N–H and O–H groups in total. The Kier molecular flexibility index (Phi) is 5.61. The molecule has 0 aromatic heterocycles. The van der Waals surface area contributed by atoms with E-state index in [2.05, 4.69) is 15.9 Å². The number of ether oxygens (including phenoxy) is 2. The van der Waals surface area contributed by atoms with Gasteiger partial charge in [0.05, 0.1) is 13.7 Å². The Bertz CT molecular complexity index is 578. The summed E-state index contributed by atoms with van der Waals surface area (Å²) in [6.07, 6.45) is 0. The Morgan fingerprint density at radius 1 is 1.15 bits per heavy atom. The second kappa shape index (κ2) is 7.45. The first-order chi connectivity index (χ1) is 9.69. The van der Waals surface area contributed by atoms with Crippen molar-refractivity contribution in [1.29, 1.82) is 0 Å². The average Bonchev–Trinajstić information content (AvgIpc) is 2.45. The van der Waals surface area contributed by atoms with Gasteiger partial charge in [-0.15, -0.1) is 11.8 Å². The summed E-state index contributed by atoms with van der Waals surface area (Å²) in [7, 11) is 1.65. The number of hydrogen-bond acceptors (Lipinski definition) is 4. The van der Waals surface area contributed by atoms with E-state index in [0.29, 0.717) is 6.61 Å². The van der Waals surface area contributed by atoms with Crippen molar-refractivity contribution >= 4 is 33.4 Å². The summed E-state index contributed by atoms with van der Waals surface area (Å²) < 4.78 is 11.9. The van der Waals surface area contributed by atoms with E-state index in [-0.39, 0.29) is 0 Å². The van der Waals surface area contributed by atoms with Crippen LogP contribution in [-0.2, 0) is 0 Å². The largest absolute Gasteiger partial charge is 0.497 e. The zero-order chi connectivity index (χ0) is 14.4. The van der Waals surface area contributed by atoms with E-state index in [1.54, 1.807) is 18.9 Å². The van der Waals surface area contributed by atoms with E-state index in [9.17, 15) is 0 Å². The van der Waals surface area contributed by atoms with Crippen molar-refractivity contribution in [3.63, 3.8) is 0 Å². The molecule has 0 radical (unpaired) electrons. The molecule has 0 aliphatic carbocycles. The van der Waals surface area contributed by atoms with Crippen molar-refractivity contribution in [3.8, 4) is 11.5 Å². The Hall–Kier alpha value is -1.33. The summed E-state index contributed by atoms with van der Waals surface area (Å²) in [5.74, 6) is 2.50. The van der Waals surface area contributed by atoms with E-state index in [4.69, 9.17) is 15.2 Å². The molecule has 0 atom stereocenters. The van der Waals surface area contributed by atoms with Gasteiger partial charge in [0, 0.05) is 20.8 Å². The maximum Gasteiger partial charge on any atom is 0.120 e. The highest BCUT2D eigenvalue weighted by molar-refractivity contribution is 9.10. The molecular formula is C15H16BrNO2S. The third-order valence-corrected chi connectivity index (χ3v) is 4.16. The van der Waals surface area contributed by atoms with Crippen molar-refractivity contribution in [2.75, 3.05) is 25.2 Å². The lowest BCUT2D eigenvalue weighted by Gasteiger charge is -2.09. The minimum absolute atomic E-state index is 0.623. The number of nitrogens with two attached hydrogens (primary N) is 1. The van der Waals surface area contributed by atoms with Crippen LogP contribution in [0.1, 0.15) is 0 Å². The molecule has 20 heavy (non-hydrogen) atoms. The first-order valence-corrected chi connectivity index (χ1v) is 7.91. The Balaban J connectivity index is 1.84. The highest BCUT2D eigenvalue weighted by atomic mass is 79.9. The summed E-state index contributed by atoms with van der Waals surface area (Å²) in [6.45, 7) is 0.623. The number of hydrogen-bond donors (Lipinski definition) is 1. The van der Waals surface area contributed by atoms with Gasteiger partial charge in [0.15, 0.2) is 0 Å². The van der Waals surface area contributed by atoms with E-state index in [1.165, 1.54) is 0 Å². The van der Waals surface area contributed by atoms with Gasteiger partial charge in [0.1, 0.15) is 11.5 Å². The number of methoxy groups -OCH3 is 1. The minimum Gasteiger partial charge on any atom is -0.497 e. The average molecular weight is 354 g/mol. The van der Waals surface area contributed by atoms with Crippen LogP contribution in [-0.4, -0.2) is 19.5 Å². The highest BCUT2D eigenvalue weighted by Gasteiger charge is 2.03. The van der Waals surface area contributed by atoms with Crippen molar-refractivity contribution in [2.45, 2.75) is 4.90 Å².